The van der Waals surface area contributed by atoms with Gasteiger partial charge in [-0.3, -0.25) is 4.98 Å². The minimum atomic E-state index is -2.88. The Bertz CT molecular complexity index is 1140. The number of ether oxygens (including phenoxy) is 1. The highest BCUT2D eigenvalue weighted by Crippen LogP contribution is 2.36. The fraction of sp³-hybridized carbons (Fsp3) is 0.435. The van der Waals surface area contributed by atoms with Crippen LogP contribution in [0.1, 0.15) is 49.1 Å². The summed E-state index contributed by atoms with van der Waals surface area (Å²) >= 11 is 0. The van der Waals surface area contributed by atoms with Crippen molar-refractivity contribution in [2.45, 2.75) is 51.2 Å². The van der Waals surface area contributed by atoms with Gasteiger partial charge in [-0.1, -0.05) is 18.2 Å². The third-order valence-corrected chi connectivity index (χ3v) is 6.42. The van der Waals surface area contributed by atoms with Gasteiger partial charge >= 0.3 is 0 Å². The van der Waals surface area contributed by atoms with Crippen LogP contribution >= 0.6 is 0 Å². The number of aromatic nitrogens is 3. The molecule has 2 aliphatic rings. The molecule has 2 aliphatic heterocycles. The number of fused-ring (bicyclic) bond motifs is 3. The molecule has 32 heavy (non-hydrogen) atoms. The van der Waals surface area contributed by atoms with E-state index in [4.69, 9.17) is 4.74 Å². The number of nitrogens with one attached hydrogen (secondary N) is 1. The molecule has 5 rings (SSSR count). The van der Waals surface area contributed by atoms with Gasteiger partial charge < -0.3 is 15.0 Å². The largest absolute Gasteiger partial charge is 0.377 e. The number of morpholine rings is 1. The van der Waals surface area contributed by atoms with Crippen LogP contribution < -0.4 is 10.2 Å². The van der Waals surface area contributed by atoms with Gasteiger partial charge in [0, 0.05) is 10.9 Å². The second-order valence-corrected chi connectivity index (χ2v) is 8.47. The van der Waals surface area contributed by atoms with Gasteiger partial charge in [-0.15, -0.1) is 5.10 Å². The normalized spacial score (nSPS) is 21.4. The maximum Gasteiger partial charge on any atom is 0.266 e. The van der Waals surface area contributed by atoms with E-state index in [1.165, 1.54) is 12.1 Å². The number of anilines is 2. The number of rotatable bonds is 5. The Hall–Kier alpha value is -2.94. The zero-order chi connectivity index (χ0) is 22.4. The first-order valence-electron chi connectivity index (χ1n) is 10.8. The highest BCUT2D eigenvalue weighted by molar-refractivity contribution is 5.92. The van der Waals surface area contributed by atoms with E-state index in [2.05, 4.69) is 25.4 Å². The SMILES string of the molecule is Cc1nnc(NC(C)c2cccc(C(F)F)c2F)c2cc(N3C4CCC3COC4)cnc12. The Morgan fingerprint density at radius 1 is 1.12 bits per heavy atom. The predicted molar refractivity (Wildman–Crippen MR) is 116 cm³/mol. The molecular weight excluding hydrogens is 419 g/mol. The molecule has 0 amide bonds. The van der Waals surface area contributed by atoms with Crippen molar-refractivity contribution in [1.29, 1.82) is 0 Å². The average Bonchev–Trinajstić information content (AvgIpc) is 3.03. The zero-order valence-corrected chi connectivity index (χ0v) is 17.9. The number of hydrogen-bond donors (Lipinski definition) is 1. The van der Waals surface area contributed by atoms with Gasteiger partial charge in [-0.05, 0) is 32.8 Å². The summed E-state index contributed by atoms with van der Waals surface area (Å²) in [6, 6.07) is 6.11. The van der Waals surface area contributed by atoms with Gasteiger partial charge in [0.15, 0.2) is 5.82 Å². The van der Waals surface area contributed by atoms with Crippen molar-refractivity contribution in [3.05, 3.63) is 53.1 Å². The number of halogens is 3. The molecule has 0 aliphatic carbocycles. The van der Waals surface area contributed by atoms with Crippen molar-refractivity contribution in [2.75, 3.05) is 23.4 Å². The topological polar surface area (TPSA) is 63.2 Å². The van der Waals surface area contributed by atoms with Gasteiger partial charge in [0.1, 0.15) is 5.82 Å². The number of nitrogens with zero attached hydrogens (tertiary/aromatic N) is 4. The Morgan fingerprint density at radius 3 is 2.56 bits per heavy atom. The minimum Gasteiger partial charge on any atom is -0.377 e. The van der Waals surface area contributed by atoms with Crippen LogP contribution in [0.15, 0.2) is 30.5 Å². The van der Waals surface area contributed by atoms with Crippen LogP contribution in [0.25, 0.3) is 10.9 Å². The molecule has 0 saturated carbocycles. The molecule has 2 bridgehead atoms. The molecule has 0 spiro atoms. The molecular formula is C23H24F3N5O. The van der Waals surface area contributed by atoms with Crippen molar-refractivity contribution in [2.24, 2.45) is 0 Å². The second-order valence-electron chi connectivity index (χ2n) is 8.47. The molecule has 3 atom stereocenters. The number of hydrogen-bond acceptors (Lipinski definition) is 6. The van der Waals surface area contributed by atoms with Crippen LogP contribution in [-0.4, -0.2) is 40.5 Å². The Kier molecular flexibility index (Phi) is 5.36. The predicted octanol–water partition coefficient (Wildman–Crippen LogP) is 4.95. The Balaban J connectivity index is 1.52. The maximum atomic E-state index is 14.7. The summed E-state index contributed by atoms with van der Waals surface area (Å²) < 4.78 is 46.6. The fourth-order valence-corrected chi connectivity index (χ4v) is 4.80. The van der Waals surface area contributed by atoms with Crippen LogP contribution in [0.4, 0.5) is 24.7 Å². The summed E-state index contributed by atoms with van der Waals surface area (Å²) in [6.07, 6.45) is 1.14. The lowest BCUT2D eigenvalue weighted by Crippen LogP contribution is -2.45. The zero-order valence-electron chi connectivity index (χ0n) is 17.9. The van der Waals surface area contributed by atoms with Gasteiger partial charge in [0.05, 0.1) is 60.0 Å². The lowest BCUT2D eigenvalue weighted by molar-refractivity contribution is 0.0906. The van der Waals surface area contributed by atoms with Gasteiger partial charge in [-0.2, -0.15) is 5.10 Å². The number of aryl methyl sites for hydroxylation is 1. The van der Waals surface area contributed by atoms with Crippen LogP contribution in [0.5, 0.6) is 0 Å². The van der Waals surface area contributed by atoms with E-state index in [-0.39, 0.29) is 5.56 Å². The third-order valence-electron chi connectivity index (χ3n) is 6.42. The molecule has 3 aromatic rings. The summed E-state index contributed by atoms with van der Waals surface area (Å²) in [6.45, 7) is 4.94. The minimum absolute atomic E-state index is 0.147. The summed E-state index contributed by atoms with van der Waals surface area (Å²) in [5.41, 5.74) is 1.90. The van der Waals surface area contributed by atoms with Crippen LogP contribution in [-0.2, 0) is 4.74 Å². The molecule has 3 unspecified atom stereocenters. The van der Waals surface area contributed by atoms with E-state index in [0.29, 0.717) is 42.3 Å². The lowest BCUT2D eigenvalue weighted by atomic mass is 10.0. The van der Waals surface area contributed by atoms with Crippen molar-refractivity contribution in [3.8, 4) is 0 Å². The van der Waals surface area contributed by atoms with Gasteiger partial charge in [0.25, 0.3) is 6.43 Å². The average molecular weight is 443 g/mol. The Labute approximate surface area is 183 Å². The molecule has 1 N–H and O–H groups in total. The first kappa shape index (κ1) is 20.9. The molecule has 2 saturated heterocycles. The van der Waals surface area contributed by atoms with Crippen molar-refractivity contribution < 1.29 is 17.9 Å². The molecule has 2 fully saturated rings. The first-order chi connectivity index (χ1) is 15.4. The van der Waals surface area contributed by atoms with Gasteiger partial charge in [0.2, 0.25) is 0 Å². The summed E-state index contributed by atoms with van der Waals surface area (Å²) in [5.74, 6) is -0.467. The summed E-state index contributed by atoms with van der Waals surface area (Å²) in [7, 11) is 0. The van der Waals surface area contributed by atoms with Crippen molar-refractivity contribution in [1.82, 2.24) is 15.2 Å². The van der Waals surface area contributed by atoms with Crippen LogP contribution in [0.2, 0.25) is 0 Å². The molecule has 1 aromatic carbocycles. The van der Waals surface area contributed by atoms with E-state index in [1.807, 2.05) is 19.2 Å². The van der Waals surface area contributed by atoms with E-state index in [0.717, 1.165) is 30.0 Å². The van der Waals surface area contributed by atoms with E-state index in [9.17, 15) is 13.2 Å². The van der Waals surface area contributed by atoms with Crippen LogP contribution in [0, 0.1) is 12.7 Å². The molecule has 4 heterocycles. The third kappa shape index (κ3) is 3.54. The Morgan fingerprint density at radius 2 is 1.84 bits per heavy atom. The molecule has 9 heteroatoms. The smallest absolute Gasteiger partial charge is 0.266 e. The van der Waals surface area contributed by atoms with E-state index >= 15 is 0 Å². The summed E-state index contributed by atoms with van der Waals surface area (Å²) in [4.78, 5) is 7.02. The van der Waals surface area contributed by atoms with E-state index in [1.54, 1.807) is 6.92 Å². The molecule has 0 radical (unpaired) electrons. The monoisotopic (exact) mass is 443 g/mol. The molecule has 6 nitrogen and oxygen atoms in total. The van der Waals surface area contributed by atoms with Gasteiger partial charge in [-0.25, -0.2) is 13.2 Å². The van der Waals surface area contributed by atoms with Crippen molar-refractivity contribution >= 4 is 22.4 Å². The van der Waals surface area contributed by atoms with E-state index < -0.39 is 23.8 Å². The lowest BCUT2D eigenvalue weighted by Gasteiger charge is -2.36. The molecule has 2 aromatic heterocycles. The van der Waals surface area contributed by atoms with Crippen molar-refractivity contribution in [3.63, 3.8) is 0 Å². The van der Waals surface area contributed by atoms with Crippen LogP contribution in [0.3, 0.4) is 0 Å². The fourth-order valence-electron chi connectivity index (χ4n) is 4.80. The highest BCUT2D eigenvalue weighted by atomic mass is 19.3. The molecule has 168 valence electrons. The number of benzene rings is 1. The number of alkyl halides is 2. The maximum absolute atomic E-state index is 14.7. The summed E-state index contributed by atoms with van der Waals surface area (Å²) in [5, 5.41) is 12.4. The standard InChI is InChI=1S/C23H24F3N5O/c1-12(17-4-3-5-18(20(17)24)22(25)26)28-23-19-8-16(9-27-21(19)13(2)29-30-23)31-14-6-7-15(31)11-32-10-14/h3-5,8-9,12,14-15,22H,6-7,10-11H2,1-2H3,(H,28,30). The number of pyridine rings is 1. The first-order valence-corrected chi connectivity index (χ1v) is 10.8. The second kappa shape index (κ2) is 8.20. The highest BCUT2D eigenvalue weighted by Gasteiger charge is 2.37. The quantitative estimate of drug-likeness (QED) is 0.602.